The summed E-state index contributed by atoms with van der Waals surface area (Å²) in [7, 11) is -4.41. The number of carbonyl (C=O) groups is 1. The molecule has 0 aliphatic carbocycles. The molecule has 0 aliphatic heterocycles. The maximum atomic E-state index is 11.0. The quantitative estimate of drug-likeness (QED) is 0.795. The highest BCUT2D eigenvalue weighted by atomic mass is 32.2. The minimum Gasteiger partial charge on any atom is -0.478 e. The molecule has 0 amide bonds. The van der Waals surface area contributed by atoms with Gasteiger partial charge in [0.1, 0.15) is 0 Å². The van der Waals surface area contributed by atoms with Gasteiger partial charge in [-0.25, -0.2) is 4.79 Å². The fraction of sp³-hybridized carbons (Fsp3) is 0. The van der Waals surface area contributed by atoms with Gasteiger partial charge in [-0.2, -0.15) is 8.42 Å². The van der Waals surface area contributed by atoms with E-state index in [0.29, 0.717) is 10.8 Å². The lowest BCUT2D eigenvalue weighted by molar-refractivity contribution is 0.0699. The van der Waals surface area contributed by atoms with E-state index in [4.69, 9.17) is 9.66 Å². The van der Waals surface area contributed by atoms with E-state index in [0.717, 1.165) is 6.07 Å². The van der Waals surface area contributed by atoms with Crippen LogP contribution in [0.5, 0.6) is 0 Å². The molecule has 17 heavy (non-hydrogen) atoms. The van der Waals surface area contributed by atoms with Crippen LogP contribution >= 0.6 is 0 Å². The van der Waals surface area contributed by atoms with Crippen LogP contribution in [0.3, 0.4) is 0 Å². The van der Waals surface area contributed by atoms with Crippen LogP contribution < -0.4 is 0 Å². The van der Waals surface area contributed by atoms with Crippen molar-refractivity contribution < 1.29 is 22.9 Å². The molecule has 6 heteroatoms. The first-order valence-corrected chi connectivity index (χ1v) is 6.07. The van der Waals surface area contributed by atoms with Crippen LogP contribution in [0.4, 0.5) is 0 Å². The lowest BCUT2D eigenvalue weighted by Crippen LogP contribution is -2.03. The molecule has 2 aromatic carbocycles. The Kier molecular flexibility index (Phi) is 2.60. The second-order valence-electron chi connectivity index (χ2n) is 3.47. The molecule has 0 aliphatic rings. The molecule has 0 atom stereocenters. The summed E-state index contributed by atoms with van der Waals surface area (Å²) in [6, 6.07) is 8.64. The molecule has 0 heterocycles. The standard InChI is InChI=1S/C11H8O5S/c12-11(13)10-6-8(17(14,15)16)5-7-3-1-2-4-9(7)10/h1-6H,(H,12,13)(H,14,15,16). The fourth-order valence-electron chi connectivity index (χ4n) is 1.61. The number of carboxylic acids is 1. The largest absolute Gasteiger partial charge is 0.478 e. The minimum absolute atomic E-state index is 0.157. The Labute approximate surface area is 97.1 Å². The number of fused-ring (bicyclic) bond motifs is 1. The van der Waals surface area contributed by atoms with Crippen molar-refractivity contribution in [1.82, 2.24) is 0 Å². The van der Waals surface area contributed by atoms with E-state index in [1.54, 1.807) is 24.3 Å². The number of rotatable bonds is 2. The van der Waals surface area contributed by atoms with Crippen LogP contribution in [0.2, 0.25) is 0 Å². The van der Waals surface area contributed by atoms with E-state index in [1.807, 2.05) is 0 Å². The van der Waals surface area contributed by atoms with Crippen molar-refractivity contribution in [2.75, 3.05) is 0 Å². The number of carboxylic acid groups (broad SMARTS) is 1. The molecule has 0 fully saturated rings. The molecule has 0 saturated carbocycles. The van der Waals surface area contributed by atoms with Gasteiger partial charge < -0.3 is 5.11 Å². The van der Waals surface area contributed by atoms with Crippen LogP contribution in [-0.4, -0.2) is 24.0 Å². The summed E-state index contributed by atoms with van der Waals surface area (Å²) in [5.41, 5.74) is -0.157. The van der Waals surface area contributed by atoms with Gasteiger partial charge in [-0.3, -0.25) is 4.55 Å². The Morgan fingerprint density at radius 1 is 1.12 bits per heavy atom. The topological polar surface area (TPSA) is 91.7 Å². The Morgan fingerprint density at radius 3 is 2.35 bits per heavy atom. The highest BCUT2D eigenvalue weighted by molar-refractivity contribution is 7.85. The highest BCUT2D eigenvalue weighted by Crippen LogP contribution is 2.23. The smallest absolute Gasteiger partial charge is 0.336 e. The summed E-state index contributed by atoms with van der Waals surface area (Å²) >= 11 is 0. The van der Waals surface area contributed by atoms with Crippen LogP contribution in [0.25, 0.3) is 10.8 Å². The van der Waals surface area contributed by atoms with Crippen molar-refractivity contribution in [3.63, 3.8) is 0 Å². The number of aromatic carboxylic acids is 1. The van der Waals surface area contributed by atoms with E-state index in [9.17, 15) is 13.2 Å². The molecule has 0 spiro atoms. The lowest BCUT2D eigenvalue weighted by atomic mass is 10.0. The van der Waals surface area contributed by atoms with Crippen molar-refractivity contribution in [2.24, 2.45) is 0 Å². The molecule has 2 N–H and O–H groups in total. The third-order valence-corrected chi connectivity index (χ3v) is 3.20. The summed E-state index contributed by atoms with van der Waals surface area (Å²) in [6.45, 7) is 0. The van der Waals surface area contributed by atoms with Crippen molar-refractivity contribution in [3.8, 4) is 0 Å². The number of benzene rings is 2. The molecule has 5 nitrogen and oxygen atoms in total. The summed E-state index contributed by atoms with van der Waals surface area (Å²) in [4.78, 5) is 10.6. The minimum atomic E-state index is -4.41. The fourth-order valence-corrected chi connectivity index (χ4v) is 2.15. The molecule has 2 rings (SSSR count). The average Bonchev–Trinajstić information content (AvgIpc) is 2.26. The van der Waals surface area contributed by atoms with Gasteiger partial charge >= 0.3 is 5.97 Å². The van der Waals surface area contributed by atoms with E-state index in [1.165, 1.54) is 6.07 Å². The molecule has 0 unspecified atom stereocenters. The molecule has 0 aromatic heterocycles. The zero-order chi connectivity index (χ0) is 12.6. The van der Waals surface area contributed by atoms with E-state index >= 15 is 0 Å². The van der Waals surface area contributed by atoms with Gasteiger partial charge in [0.2, 0.25) is 0 Å². The number of hydrogen-bond acceptors (Lipinski definition) is 3. The van der Waals surface area contributed by atoms with Crippen LogP contribution in [-0.2, 0) is 10.1 Å². The molecule has 88 valence electrons. The summed E-state index contributed by atoms with van der Waals surface area (Å²) in [6.07, 6.45) is 0. The summed E-state index contributed by atoms with van der Waals surface area (Å²) < 4.78 is 31.0. The predicted octanol–water partition coefficient (Wildman–Crippen LogP) is 1.78. The summed E-state index contributed by atoms with van der Waals surface area (Å²) in [5.74, 6) is -1.24. The Morgan fingerprint density at radius 2 is 1.76 bits per heavy atom. The van der Waals surface area contributed by atoms with Gasteiger partial charge in [0, 0.05) is 0 Å². The summed E-state index contributed by atoms with van der Waals surface area (Å²) in [5, 5.41) is 9.86. The van der Waals surface area contributed by atoms with Crippen molar-refractivity contribution in [1.29, 1.82) is 0 Å². The molecule has 0 radical (unpaired) electrons. The second-order valence-corrected chi connectivity index (χ2v) is 4.89. The van der Waals surface area contributed by atoms with Gasteiger partial charge in [-0.15, -0.1) is 0 Å². The van der Waals surface area contributed by atoms with Crippen molar-refractivity contribution in [2.45, 2.75) is 4.90 Å². The van der Waals surface area contributed by atoms with Crippen molar-refractivity contribution in [3.05, 3.63) is 42.0 Å². The second kappa shape index (κ2) is 3.83. The first kappa shape index (κ1) is 11.6. The van der Waals surface area contributed by atoms with E-state index < -0.39 is 21.0 Å². The van der Waals surface area contributed by atoms with Gasteiger partial charge in [0.05, 0.1) is 10.5 Å². The Bertz CT molecular complexity index is 703. The SMILES string of the molecule is O=C(O)c1cc(S(=O)(=O)O)cc2ccccc12. The Hall–Kier alpha value is -1.92. The van der Waals surface area contributed by atoms with Crippen LogP contribution in [0.1, 0.15) is 10.4 Å². The third kappa shape index (κ3) is 2.13. The van der Waals surface area contributed by atoms with E-state index in [-0.39, 0.29) is 5.56 Å². The van der Waals surface area contributed by atoms with Crippen molar-refractivity contribution >= 4 is 26.9 Å². The van der Waals surface area contributed by atoms with Gasteiger partial charge in [-0.05, 0) is 22.9 Å². The maximum absolute atomic E-state index is 11.0. The third-order valence-electron chi connectivity index (χ3n) is 2.36. The monoisotopic (exact) mass is 252 g/mol. The van der Waals surface area contributed by atoms with E-state index in [2.05, 4.69) is 0 Å². The lowest BCUT2D eigenvalue weighted by Gasteiger charge is -2.05. The molecule has 0 saturated heterocycles. The predicted molar refractivity (Wildman–Crippen MR) is 60.7 cm³/mol. The van der Waals surface area contributed by atoms with Crippen LogP contribution in [0.15, 0.2) is 41.3 Å². The van der Waals surface area contributed by atoms with Gasteiger partial charge in [0.15, 0.2) is 0 Å². The van der Waals surface area contributed by atoms with Crippen LogP contribution in [0, 0.1) is 0 Å². The van der Waals surface area contributed by atoms with Gasteiger partial charge in [0.25, 0.3) is 10.1 Å². The molecular formula is C11H8O5S. The van der Waals surface area contributed by atoms with Gasteiger partial charge in [-0.1, -0.05) is 24.3 Å². The number of hydrogen-bond donors (Lipinski definition) is 2. The first-order chi connectivity index (χ1) is 7.89. The molecule has 2 aromatic rings. The Balaban J connectivity index is 2.90. The highest BCUT2D eigenvalue weighted by Gasteiger charge is 2.16. The average molecular weight is 252 g/mol. The zero-order valence-corrected chi connectivity index (χ0v) is 9.31. The normalized spacial score (nSPS) is 11.6. The maximum Gasteiger partial charge on any atom is 0.336 e. The zero-order valence-electron chi connectivity index (χ0n) is 8.49. The molecule has 0 bridgehead atoms. The molecular weight excluding hydrogens is 244 g/mol. The first-order valence-electron chi connectivity index (χ1n) is 4.63.